The Morgan fingerprint density at radius 2 is 2.31 bits per heavy atom. The Hall–Kier alpha value is -2.28. The van der Waals surface area contributed by atoms with Gasteiger partial charge < -0.3 is 15.1 Å². The van der Waals surface area contributed by atoms with Gasteiger partial charge in [-0.25, -0.2) is 4.99 Å². The van der Waals surface area contributed by atoms with E-state index >= 15 is 0 Å². The van der Waals surface area contributed by atoms with Crippen molar-refractivity contribution in [3.05, 3.63) is 42.1 Å². The summed E-state index contributed by atoms with van der Waals surface area (Å²) in [4.78, 5) is 7.28. The van der Waals surface area contributed by atoms with Gasteiger partial charge in [0.2, 0.25) is 0 Å². The average molecular weight is 358 g/mol. The van der Waals surface area contributed by atoms with Crippen LogP contribution in [0.5, 0.6) is 0 Å². The van der Waals surface area contributed by atoms with E-state index in [0.717, 1.165) is 43.5 Å². The Balaban J connectivity index is 1.55. The summed E-state index contributed by atoms with van der Waals surface area (Å²) in [6, 6.07) is 6.51. The molecule has 26 heavy (non-hydrogen) atoms. The van der Waals surface area contributed by atoms with Gasteiger partial charge in [0.15, 0.2) is 5.96 Å². The number of hydrogen-bond acceptors (Lipinski definition) is 4. The van der Waals surface area contributed by atoms with Gasteiger partial charge in [-0.2, -0.15) is 5.10 Å². The van der Waals surface area contributed by atoms with Crippen LogP contribution in [0.4, 0.5) is 0 Å². The average Bonchev–Trinajstić information content (AvgIpc) is 3.39. The van der Waals surface area contributed by atoms with Gasteiger partial charge >= 0.3 is 0 Å². The number of likely N-dealkylation sites (N-methyl/N-ethyl adjacent to an activating group) is 1. The first-order valence-electron chi connectivity index (χ1n) is 9.51. The highest BCUT2D eigenvalue weighted by molar-refractivity contribution is 5.79. The lowest BCUT2D eigenvalue weighted by Crippen LogP contribution is -2.45. The zero-order valence-electron chi connectivity index (χ0n) is 15.8. The molecule has 0 spiro atoms. The van der Waals surface area contributed by atoms with Crippen LogP contribution in [0.3, 0.4) is 0 Å². The maximum Gasteiger partial charge on any atom is 0.191 e. The number of likely N-dealkylation sites (tertiary alicyclic amines) is 1. The number of nitrogens with zero attached hydrogens (tertiary/aromatic N) is 4. The molecule has 1 aliphatic heterocycles. The molecule has 3 rings (SSSR count). The van der Waals surface area contributed by atoms with E-state index in [1.807, 2.05) is 29.9 Å². The third-order valence-electron chi connectivity index (χ3n) is 4.98. The van der Waals surface area contributed by atoms with Gasteiger partial charge in [-0.15, -0.1) is 0 Å². The second-order valence-corrected chi connectivity index (χ2v) is 6.67. The summed E-state index contributed by atoms with van der Waals surface area (Å²) in [5.41, 5.74) is 1.09. The van der Waals surface area contributed by atoms with Gasteiger partial charge in [0, 0.05) is 38.8 Å². The van der Waals surface area contributed by atoms with E-state index in [1.165, 1.54) is 19.4 Å². The van der Waals surface area contributed by atoms with Crippen molar-refractivity contribution < 1.29 is 4.42 Å². The standard InChI is InChI=1S/C19H30N6O/c1-3-25-12-4-6-17(25)15-22-19(20-10-9-18-7-5-13-26-18)21-14-16-8-11-23-24(16)2/h5,7-8,11,13,17H,3-4,6,9-10,12,14-15H2,1-2H3,(H2,20,21,22). The van der Waals surface area contributed by atoms with Crippen LogP contribution in [0.15, 0.2) is 40.1 Å². The molecule has 1 atom stereocenters. The van der Waals surface area contributed by atoms with Crippen molar-refractivity contribution in [3.8, 4) is 0 Å². The van der Waals surface area contributed by atoms with Crippen LogP contribution < -0.4 is 10.6 Å². The lowest BCUT2D eigenvalue weighted by atomic mass is 10.2. The fourth-order valence-corrected chi connectivity index (χ4v) is 3.41. The van der Waals surface area contributed by atoms with Crippen molar-refractivity contribution in [2.45, 2.75) is 38.8 Å². The maximum atomic E-state index is 5.40. The quantitative estimate of drug-likeness (QED) is 0.556. The van der Waals surface area contributed by atoms with Crippen LogP contribution in [-0.4, -0.2) is 52.9 Å². The number of nitrogens with one attached hydrogen (secondary N) is 2. The molecule has 3 heterocycles. The largest absolute Gasteiger partial charge is 0.469 e. The maximum absolute atomic E-state index is 5.40. The zero-order valence-corrected chi connectivity index (χ0v) is 15.8. The van der Waals surface area contributed by atoms with Crippen LogP contribution in [0.25, 0.3) is 0 Å². The Kier molecular flexibility index (Phi) is 6.71. The fourth-order valence-electron chi connectivity index (χ4n) is 3.41. The third kappa shape index (κ3) is 5.11. The number of aryl methyl sites for hydroxylation is 1. The van der Waals surface area contributed by atoms with Crippen LogP contribution in [0.1, 0.15) is 31.2 Å². The molecule has 1 fully saturated rings. The lowest BCUT2D eigenvalue weighted by molar-refractivity contribution is 0.267. The van der Waals surface area contributed by atoms with Gasteiger partial charge in [-0.1, -0.05) is 6.92 Å². The van der Waals surface area contributed by atoms with E-state index in [9.17, 15) is 0 Å². The predicted molar refractivity (Wildman–Crippen MR) is 103 cm³/mol. The monoisotopic (exact) mass is 358 g/mol. The molecule has 0 aliphatic carbocycles. The van der Waals surface area contributed by atoms with Gasteiger partial charge in [-0.05, 0) is 44.1 Å². The first-order valence-corrected chi connectivity index (χ1v) is 9.51. The van der Waals surface area contributed by atoms with Crippen molar-refractivity contribution in [1.82, 2.24) is 25.3 Å². The summed E-state index contributed by atoms with van der Waals surface area (Å²) in [6.45, 7) is 6.86. The molecule has 1 aliphatic rings. The van der Waals surface area contributed by atoms with Crippen LogP contribution in [0.2, 0.25) is 0 Å². The number of furan rings is 1. The van der Waals surface area contributed by atoms with Gasteiger partial charge in [0.05, 0.1) is 18.5 Å². The Bertz CT molecular complexity index is 678. The second-order valence-electron chi connectivity index (χ2n) is 6.67. The minimum absolute atomic E-state index is 0.591. The molecule has 2 aromatic heterocycles. The van der Waals surface area contributed by atoms with Crippen molar-refractivity contribution >= 4 is 5.96 Å². The van der Waals surface area contributed by atoms with Crippen molar-refractivity contribution in [1.29, 1.82) is 0 Å². The van der Waals surface area contributed by atoms with Crippen LogP contribution >= 0.6 is 0 Å². The smallest absolute Gasteiger partial charge is 0.191 e. The molecule has 0 radical (unpaired) electrons. The van der Waals surface area contributed by atoms with Gasteiger partial charge in [0.25, 0.3) is 0 Å². The minimum Gasteiger partial charge on any atom is -0.469 e. The summed E-state index contributed by atoms with van der Waals surface area (Å²) in [7, 11) is 1.94. The number of guanidine groups is 1. The SMILES string of the molecule is CCN1CCCC1CNC(=NCc1ccnn1C)NCCc1ccco1. The van der Waals surface area contributed by atoms with E-state index in [1.54, 1.807) is 12.5 Å². The Morgan fingerprint density at radius 1 is 1.38 bits per heavy atom. The summed E-state index contributed by atoms with van der Waals surface area (Å²) >= 11 is 0. The lowest BCUT2D eigenvalue weighted by Gasteiger charge is -2.24. The molecule has 2 N–H and O–H groups in total. The highest BCUT2D eigenvalue weighted by atomic mass is 16.3. The third-order valence-corrected chi connectivity index (χ3v) is 4.98. The summed E-state index contributed by atoms with van der Waals surface area (Å²) < 4.78 is 7.26. The molecular weight excluding hydrogens is 328 g/mol. The molecule has 0 amide bonds. The molecule has 0 bridgehead atoms. The molecule has 1 saturated heterocycles. The molecule has 142 valence electrons. The van der Waals surface area contributed by atoms with Crippen LogP contribution in [0, 0.1) is 0 Å². The summed E-state index contributed by atoms with van der Waals surface area (Å²) in [5, 5.41) is 11.2. The highest BCUT2D eigenvalue weighted by Crippen LogP contribution is 2.15. The van der Waals surface area contributed by atoms with E-state index < -0.39 is 0 Å². The first kappa shape index (κ1) is 18.5. The number of rotatable bonds is 8. The van der Waals surface area contributed by atoms with Crippen molar-refractivity contribution in [2.75, 3.05) is 26.2 Å². The Labute approximate surface area is 155 Å². The van der Waals surface area contributed by atoms with Crippen LogP contribution in [-0.2, 0) is 20.0 Å². The van der Waals surface area contributed by atoms with E-state index in [2.05, 4.69) is 27.6 Å². The van der Waals surface area contributed by atoms with E-state index in [-0.39, 0.29) is 0 Å². The van der Waals surface area contributed by atoms with E-state index in [0.29, 0.717) is 12.6 Å². The second kappa shape index (κ2) is 9.43. The predicted octanol–water partition coefficient (Wildman–Crippen LogP) is 1.78. The van der Waals surface area contributed by atoms with Crippen molar-refractivity contribution in [3.63, 3.8) is 0 Å². The molecule has 7 heteroatoms. The molecule has 0 saturated carbocycles. The summed E-state index contributed by atoms with van der Waals surface area (Å²) in [5.74, 6) is 1.83. The molecule has 2 aromatic rings. The molecule has 1 unspecified atom stereocenters. The minimum atomic E-state index is 0.591. The number of hydrogen-bond donors (Lipinski definition) is 2. The zero-order chi connectivity index (χ0) is 18.2. The number of aromatic nitrogens is 2. The van der Waals surface area contributed by atoms with Gasteiger partial charge in [0.1, 0.15) is 5.76 Å². The molecule has 7 nitrogen and oxygen atoms in total. The fraction of sp³-hybridized carbons (Fsp3) is 0.579. The van der Waals surface area contributed by atoms with E-state index in [4.69, 9.17) is 9.41 Å². The Morgan fingerprint density at radius 3 is 3.04 bits per heavy atom. The molecular formula is C19H30N6O. The molecule has 0 aromatic carbocycles. The summed E-state index contributed by atoms with van der Waals surface area (Å²) in [6.07, 6.45) is 6.89. The van der Waals surface area contributed by atoms with Crippen molar-refractivity contribution in [2.24, 2.45) is 12.0 Å². The number of aliphatic imine (C=N–C) groups is 1. The normalized spacial score (nSPS) is 18.4. The first-order chi connectivity index (χ1) is 12.8. The van der Waals surface area contributed by atoms with Gasteiger partial charge in [-0.3, -0.25) is 9.58 Å². The topological polar surface area (TPSA) is 70.6 Å². The highest BCUT2D eigenvalue weighted by Gasteiger charge is 2.22.